The Balaban J connectivity index is 1.54. The standard InChI is InChI=1S/C23H27N3O3S/c1-17(12-26(2)13-18-7-5-4-6-8-18)25-23(27)19-9-10-21(22(11-19)28-3)29-14-20-15-30-16-24-20/h4-11,15-17H,12-14H2,1-3H3,(H,25,27)/t17-/m1/s1. The average Bonchev–Trinajstić information content (AvgIpc) is 3.26. The summed E-state index contributed by atoms with van der Waals surface area (Å²) < 4.78 is 11.2. The Morgan fingerprint density at radius 1 is 1.20 bits per heavy atom. The fourth-order valence-electron chi connectivity index (χ4n) is 3.17. The third kappa shape index (κ3) is 6.30. The van der Waals surface area contributed by atoms with Crippen LogP contribution in [0.2, 0.25) is 0 Å². The van der Waals surface area contributed by atoms with Crippen LogP contribution < -0.4 is 14.8 Å². The zero-order chi connectivity index (χ0) is 21.3. The molecule has 0 fully saturated rings. The van der Waals surface area contributed by atoms with Crippen LogP contribution in [0.3, 0.4) is 0 Å². The van der Waals surface area contributed by atoms with Crippen LogP contribution in [0.15, 0.2) is 59.4 Å². The minimum Gasteiger partial charge on any atom is -0.493 e. The second-order valence-electron chi connectivity index (χ2n) is 7.19. The van der Waals surface area contributed by atoms with Crippen molar-refractivity contribution in [3.8, 4) is 11.5 Å². The second kappa shape index (κ2) is 10.8. The van der Waals surface area contributed by atoms with Crippen molar-refractivity contribution in [2.45, 2.75) is 26.1 Å². The average molecular weight is 426 g/mol. The number of nitrogens with zero attached hydrogens (tertiary/aromatic N) is 2. The van der Waals surface area contributed by atoms with E-state index in [1.54, 1.807) is 30.8 Å². The number of rotatable bonds is 10. The minimum absolute atomic E-state index is 0.00204. The molecule has 1 heterocycles. The quantitative estimate of drug-likeness (QED) is 0.532. The van der Waals surface area contributed by atoms with E-state index < -0.39 is 0 Å². The van der Waals surface area contributed by atoms with Gasteiger partial charge < -0.3 is 19.7 Å². The fraction of sp³-hybridized carbons (Fsp3) is 0.304. The highest BCUT2D eigenvalue weighted by Crippen LogP contribution is 2.29. The predicted octanol–water partition coefficient (Wildman–Crippen LogP) is 3.98. The van der Waals surface area contributed by atoms with E-state index in [0.29, 0.717) is 23.7 Å². The summed E-state index contributed by atoms with van der Waals surface area (Å²) in [6.07, 6.45) is 0. The topological polar surface area (TPSA) is 63.7 Å². The molecule has 1 atom stereocenters. The van der Waals surface area contributed by atoms with E-state index >= 15 is 0 Å². The normalized spacial score (nSPS) is 11.9. The van der Waals surface area contributed by atoms with Gasteiger partial charge in [-0.1, -0.05) is 30.3 Å². The first-order valence-corrected chi connectivity index (χ1v) is 10.7. The van der Waals surface area contributed by atoms with Crippen LogP contribution in [0.25, 0.3) is 0 Å². The fourth-order valence-corrected chi connectivity index (χ4v) is 3.71. The number of carbonyl (C=O) groups is 1. The number of thiazole rings is 1. The Morgan fingerprint density at radius 3 is 2.70 bits per heavy atom. The van der Waals surface area contributed by atoms with E-state index in [0.717, 1.165) is 18.8 Å². The highest BCUT2D eigenvalue weighted by Gasteiger charge is 2.15. The summed E-state index contributed by atoms with van der Waals surface area (Å²) in [7, 11) is 3.61. The van der Waals surface area contributed by atoms with Gasteiger partial charge in [0.05, 0.1) is 18.3 Å². The van der Waals surface area contributed by atoms with E-state index in [1.807, 2.05) is 37.6 Å². The molecule has 0 aliphatic rings. The number of amides is 1. The lowest BCUT2D eigenvalue weighted by atomic mass is 10.1. The summed E-state index contributed by atoms with van der Waals surface area (Å²) in [6, 6.07) is 15.5. The summed E-state index contributed by atoms with van der Waals surface area (Å²) in [5.41, 5.74) is 4.40. The van der Waals surface area contributed by atoms with Gasteiger partial charge in [0.15, 0.2) is 11.5 Å². The highest BCUT2D eigenvalue weighted by atomic mass is 32.1. The van der Waals surface area contributed by atoms with Gasteiger partial charge in [0.1, 0.15) is 6.61 Å². The molecule has 0 unspecified atom stereocenters. The second-order valence-corrected chi connectivity index (χ2v) is 7.91. The van der Waals surface area contributed by atoms with Crippen LogP contribution >= 0.6 is 11.3 Å². The zero-order valence-electron chi connectivity index (χ0n) is 17.5. The van der Waals surface area contributed by atoms with Crippen LogP contribution in [-0.2, 0) is 13.2 Å². The van der Waals surface area contributed by atoms with Gasteiger partial charge in [-0.05, 0) is 37.7 Å². The Bertz CT molecular complexity index is 932. The van der Waals surface area contributed by atoms with Crippen molar-refractivity contribution in [1.29, 1.82) is 0 Å². The van der Waals surface area contributed by atoms with Crippen molar-refractivity contribution < 1.29 is 14.3 Å². The summed E-state index contributed by atoms with van der Waals surface area (Å²) >= 11 is 1.52. The first-order valence-electron chi connectivity index (χ1n) is 9.76. The maximum atomic E-state index is 12.7. The van der Waals surface area contributed by atoms with E-state index in [9.17, 15) is 4.79 Å². The number of hydrogen-bond acceptors (Lipinski definition) is 6. The molecule has 30 heavy (non-hydrogen) atoms. The molecule has 1 aromatic heterocycles. The summed E-state index contributed by atoms with van der Waals surface area (Å²) in [4.78, 5) is 19.1. The van der Waals surface area contributed by atoms with Crippen molar-refractivity contribution >= 4 is 17.2 Å². The van der Waals surface area contributed by atoms with Gasteiger partial charge in [-0.2, -0.15) is 0 Å². The molecule has 0 bridgehead atoms. The van der Waals surface area contributed by atoms with E-state index in [4.69, 9.17) is 9.47 Å². The Labute approximate surface area is 181 Å². The molecule has 0 radical (unpaired) electrons. The minimum atomic E-state index is -0.139. The molecule has 0 spiro atoms. The summed E-state index contributed by atoms with van der Waals surface area (Å²) in [5.74, 6) is 0.962. The molecule has 3 rings (SSSR count). The predicted molar refractivity (Wildman–Crippen MR) is 119 cm³/mol. The third-order valence-electron chi connectivity index (χ3n) is 4.54. The molecule has 2 aromatic carbocycles. The number of hydrogen-bond donors (Lipinski definition) is 1. The lowest BCUT2D eigenvalue weighted by molar-refractivity contribution is 0.0931. The lowest BCUT2D eigenvalue weighted by Crippen LogP contribution is -2.40. The zero-order valence-corrected chi connectivity index (χ0v) is 18.3. The van der Waals surface area contributed by atoms with Crippen LogP contribution in [0.1, 0.15) is 28.5 Å². The summed E-state index contributed by atoms with van der Waals surface area (Å²) in [6.45, 7) is 3.94. The van der Waals surface area contributed by atoms with Gasteiger partial charge in [-0.15, -0.1) is 11.3 Å². The SMILES string of the molecule is COc1cc(C(=O)N[C@H](C)CN(C)Cc2ccccc2)ccc1OCc1cscn1. The van der Waals surface area contributed by atoms with Gasteiger partial charge >= 0.3 is 0 Å². The maximum Gasteiger partial charge on any atom is 0.251 e. The number of methoxy groups -OCH3 is 1. The molecular formula is C23H27N3O3S. The molecule has 1 amide bonds. The van der Waals surface area contributed by atoms with Crippen LogP contribution in [0.4, 0.5) is 0 Å². The smallest absolute Gasteiger partial charge is 0.251 e. The number of ether oxygens (including phenoxy) is 2. The number of aromatic nitrogens is 1. The molecule has 1 N–H and O–H groups in total. The van der Waals surface area contributed by atoms with Crippen molar-refractivity contribution in [1.82, 2.24) is 15.2 Å². The van der Waals surface area contributed by atoms with Gasteiger partial charge in [0, 0.05) is 30.1 Å². The number of nitrogens with one attached hydrogen (secondary N) is 1. The van der Waals surface area contributed by atoms with Gasteiger partial charge in [0.2, 0.25) is 0 Å². The lowest BCUT2D eigenvalue weighted by Gasteiger charge is -2.22. The third-order valence-corrected chi connectivity index (χ3v) is 5.18. The number of likely N-dealkylation sites (N-methyl/N-ethyl adjacent to an activating group) is 1. The molecule has 0 aliphatic carbocycles. The van der Waals surface area contributed by atoms with Crippen LogP contribution in [0, 0.1) is 0 Å². The van der Waals surface area contributed by atoms with Gasteiger partial charge in [-0.3, -0.25) is 4.79 Å². The monoisotopic (exact) mass is 425 g/mol. The van der Waals surface area contributed by atoms with Gasteiger partial charge in [-0.25, -0.2) is 4.98 Å². The molecule has 0 aliphatic heterocycles. The molecule has 7 heteroatoms. The Kier molecular flexibility index (Phi) is 7.82. The van der Waals surface area contributed by atoms with Crippen LogP contribution in [-0.4, -0.2) is 42.5 Å². The molecule has 158 valence electrons. The molecule has 3 aromatic rings. The maximum absolute atomic E-state index is 12.7. The first kappa shape index (κ1) is 21.8. The number of benzene rings is 2. The van der Waals surface area contributed by atoms with Gasteiger partial charge in [0.25, 0.3) is 5.91 Å². The largest absolute Gasteiger partial charge is 0.493 e. The Hall–Kier alpha value is -2.90. The Morgan fingerprint density at radius 2 is 2.00 bits per heavy atom. The van der Waals surface area contributed by atoms with Crippen molar-refractivity contribution in [2.75, 3.05) is 20.7 Å². The van der Waals surface area contributed by atoms with E-state index in [-0.39, 0.29) is 11.9 Å². The highest BCUT2D eigenvalue weighted by molar-refractivity contribution is 7.07. The van der Waals surface area contributed by atoms with E-state index in [1.165, 1.54) is 16.9 Å². The van der Waals surface area contributed by atoms with Crippen LogP contribution in [0.5, 0.6) is 11.5 Å². The summed E-state index contributed by atoms with van der Waals surface area (Å²) in [5, 5.41) is 4.99. The van der Waals surface area contributed by atoms with Crippen molar-refractivity contribution in [3.63, 3.8) is 0 Å². The van der Waals surface area contributed by atoms with Crippen molar-refractivity contribution in [3.05, 3.63) is 76.2 Å². The molecule has 0 saturated carbocycles. The molecule has 0 saturated heterocycles. The molecule has 6 nitrogen and oxygen atoms in total. The van der Waals surface area contributed by atoms with E-state index in [2.05, 4.69) is 27.3 Å². The first-order chi connectivity index (χ1) is 14.5. The molecular weight excluding hydrogens is 398 g/mol. The van der Waals surface area contributed by atoms with Crippen molar-refractivity contribution in [2.24, 2.45) is 0 Å². The number of carbonyl (C=O) groups excluding carboxylic acids is 1.